The molecule has 0 atom stereocenters. The largest absolute Gasteiger partial charge is 0.497 e. The van der Waals surface area contributed by atoms with E-state index in [9.17, 15) is 0 Å². The minimum Gasteiger partial charge on any atom is -0.497 e. The van der Waals surface area contributed by atoms with Gasteiger partial charge in [-0.15, -0.1) is 0 Å². The van der Waals surface area contributed by atoms with Gasteiger partial charge in [-0.1, -0.05) is 30.3 Å². The number of benzene rings is 2. The summed E-state index contributed by atoms with van der Waals surface area (Å²) in [5.41, 5.74) is 3.35. The fraction of sp³-hybridized carbons (Fsp3) is 0.0952. The van der Waals surface area contributed by atoms with E-state index in [2.05, 4.69) is 25.1 Å². The molecule has 0 aliphatic rings. The highest BCUT2D eigenvalue weighted by atomic mass is 16.5. The zero-order chi connectivity index (χ0) is 16.1. The van der Waals surface area contributed by atoms with Crippen molar-refractivity contribution in [3.63, 3.8) is 0 Å². The standard InChI is InChI=1S/C21H19O2/c1-16-14-20(13-10-17-8-11-19(22-2)12-9-17)23-21(15-16)18-6-4-3-5-7-18/h3-15H,1-2H3/q+1/b13-10+. The molecule has 0 spiro atoms. The first-order valence-electron chi connectivity index (χ1n) is 7.57. The minimum absolute atomic E-state index is 0.833. The van der Waals surface area contributed by atoms with Gasteiger partial charge in [-0.3, -0.25) is 0 Å². The summed E-state index contributed by atoms with van der Waals surface area (Å²) in [7, 11) is 1.67. The van der Waals surface area contributed by atoms with Crippen molar-refractivity contribution in [2.45, 2.75) is 6.92 Å². The highest BCUT2D eigenvalue weighted by molar-refractivity contribution is 5.69. The Morgan fingerprint density at radius 3 is 2.30 bits per heavy atom. The average molecular weight is 303 g/mol. The molecule has 0 radical (unpaired) electrons. The SMILES string of the molecule is COc1ccc(/C=C/c2cc(C)cc(-c3ccccc3)[o+]2)cc1. The molecule has 114 valence electrons. The Labute approximate surface area is 136 Å². The van der Waals surface area contributed by atoms with E-state index in [0.29, 0.717) is 0 Å². The van der Waals surface area contributed by atoms with Crippen molar-refractivity contribution in [2.24, 2.45) is 0 Å². The van der Waals surface area contributed by atoms with Gasteiger partial charge in [-0.2, -0.15) is 0 Å². The first-order valence-corrected chi connectivity index (χ1v) is 7.57. The lowest BCUT2D eigenvalue weighted by atomic mass is 10.1. The second kappa shape index (κ2) is 6.93. The third-order valence-electron chi connectivity index (χ3n) is 3.57. The summed E-state index contributed by atoms with van der Waals surface area (Å²) in [5, 5.41) is 0. The van der Waals surface area contributed by atoms with Gasteiger partial charge in [0.15, 0.2) is 0 Å². The first-order chi connectivity index (χ1) is 11.2. The van der Waals surface area contributed by atoms with Gasteiger partial charge < -0.3 is 4.74 Å². The maximum atomic E-state index is 6.00. The molecule has 3 aromatic rings. The Morgan fingerprint density at radius 1 is 0.870 bits per heavy atom. The van der Waals surface area contributed by atoms with Crippen molar-refractivity contribution >= 4 is 12.2 Å². The molecule has 1 heterocycles. The third kappa shape index (κ3) is 3.86. The average Bonchev–Trinajstić information content (AvgIpc) is 2.61. The second-order valence-corrected chi connectivity index (χ2v) is 5.37. The fourth-order valence-corrected chi connectivity index (χ4v) is 2.38. The topological polar surface area (TPSA) is 20.5 Å². The Bertz CT molecular complexity index is 803. The lowest BCUT2D eigenvalue weighted by Gasteiger charge is -1.98. The summed E-state index contributed by atoms with van der Waals surface area (Å²) in [6.07, 6.45) is 4.02. The number of methoxy groups -OCH3 is 1. The van der Waals surface area contributed by atoms with Gasteiger partial charge in [-0.25, -0.2) is 4.42 Å². The molecule has 0 aliphatic carbocycles. The van der Waals surface area contributed by atoms with E-state index in [1.54, 1.807) is 7.11 Å². The zero-order valence-electron chi connectivity index (χ0n) is 13.3. The zero-order valence-corrected chi connectivity index (χ0v) is 13.3. The maximum Gasteiger partial charge on any atom is 0.361 e. The van der Waals surface area contributed by atoms with Crippen LogP contribution in [-0.4, -0.2) is 7.11 Å². The van der Waals surface area contributed by atoms with Crippen molar-refractivity contribution in [1.29, 1.82) is 0 Å². The van der Waals surface area contributed by atoms with Crippen LogP contribution in [0.15, 0.2) is 71.1 Å². The van der Waals surface area contributed by atoms with Crippen LogP contribution in [0.3, 0.4) is 0 Å². The van der Waals surface area contributed by atoms with Crippen LogP contribution < -0.4 is 4.74 Å². The van der Waals surface area contributed by atoms with E-state index in [4.69, 9.17) is 9.15 Å². The van der Waals surface area contributed by atoms with Crippen LogP contribution >= 0.6 is 0 Å². The van der Waals surface area contributed by atoms with Gasteiger partial charge in [0.2, 0.25) is 0 Å². The lowest BCUT2D eigenvalue weighted by Crippen LogP contribution is -1.83. The Balaban J connectivity index is 1.87. The Hall–Kier alpha value is -2.87. The van der Waals surface area contributed by atoms with Crippen LogP contribution in [0.25, 0.3) is 23.5 Å². The monoisotopic (exact) mass is 303 g/mol. The van der Waals surface area contributed by atoms with Gasteiger partial charge in [0.05, 0.1) is 12.7 Å². The van der Waals surface area contributed by atoms with Crippen molar-refractivity contribution in [1.82, 2.24) is 0 Å². The predicted octanol–water partition coefficient (Wildman–Crippen LogP) is 5.72. The van der Waals surface area contributed by atoms with E-state index in [1.807, 2.05) is 60.7 Å². The fourth-order valence-electron chi connectivity index (χ4n) is 2.38. The molecule has 23 heavy (non-hydrogen) atoms. The molecule has 2 nitrogen and oxygen atoms in total. The van der Waals surface area contributed by atoms with E-state index < -0.39 is 0 Å². The van der Waals surface area contributed by atoms with Crippen LogP contribution in [0.5, 0.6) is 5.75 Å². The lowest BCUT2D eigenvalue weighted by molar-refractivity contribution is 0.415. The summed E-state index contributed by atoms with van der Waals surface area (Å²) in [6.45, 7) is 2.08. The predicted molar refractivity (Wildman–Crippen MR) is 95.2 cm³/mol. The number of ether oxygens (including phenoxy) is 1. The molecule has 2 heteroatoms. The van der Waals surface area contributed by atoms with Crippen molar-refractivity contribution in [3.05, 3.63) is 83.6 Å². The molecular weight excluding hydrogens is 284 g/mol. The molecule has 0 aliphatic heterocycles. The molecule has 0 unspecified atom stereocenters. The number of rotatable bonds is 4. The van der Waals surface area contributed by atoms with Crippen LogP contribution in [0.1, 0.15) is 16.9 Å². The molecule has 0 bridgehead atoms. The highest BCUT2D eigenvalue weighted by Crippen LogP contribution is 2.23. The van der Waals surface area contributed by atoms with E-state index in [-0.39, 0.29) is 0 Å². The number of hydrogen-bond donors (Lipinski definition) is 0. The smallest absolute Gasteiger partial charge is 0.361 e. The van der Waals surface area contributed by atoms with E-state index in [0.717, 1.165) is 28.4 Å². The molecule has 0 fully saturated rings. The van der Waals surface area contributed by atoms with Gasteiger partial charge in [0.25, 0.3) is 0 Å². The van der Waals surface area contributed by atoms with Crippen molar-refractivity contribution in [2.75, 3.05) is 7.11 Å². The molecule has 0 N–H and O–H groups in total. The summed E-state index contributed by atoms with van der Waals surface area (Å²) in [5.74, 6) is 2.56. The molecule has 3 rings (SSSR count). The number of hydrogen-bond acceptors (Lipinski definition) is 1. The van der Waals surface area contributed by atoms with E-state index in [1.165, 1.54) is 5.56 Å². The van der Waals surface area contributed by atoms with E-state index >= 15 is 0 Å². The minimum atomic E-state index is 0.833. The molecule has 0 saturated carbocycles. The van der Waals surface area contributed by atoms with Gasteiger partial charge >= 0.3 is 11.5 Å². The molecule has 2 aromatic carbocycles. The Kier molecular flexibility index (Phi) is 4.53. The summed E-state index contributed by atoms with van der Waals surface area (Å²) >= 11 is 0. The van der Waals surface area contributed by atoms with Crippen molar-refractivity contribution in [3.8, 4) is 17.1 Å². The summed E-state index contributed by atoms with van der Waals surface area (Å²) in [4.78, 5) is 0. The molecule has 0 amide bonds. The van der Waals surface area contributed by atoms with Crippen LogP contribution in [-0.2, 0) is 0 Å². The molecular formula is C21H19O2+. The highest BCUT2D eigenvalue weighted by Gasteiger charge is 2.14. The van der Waals surface area contributed by atoms with Gasteiger partial charge in [0.1, 0.15) is 5.75 Å². The first kappa shape index (κ1) is 15.0. The van der Waals surface area contributed by atoms with Crippen LogP contribution in [0.4, 0.5) is 0 Å². The normalized spacial score (nSPS) is 10.9. The van der Waals surface area contributed by atoms with Crippen LogP contribution in [0.2, 0.25) is 0 Å². The quantitative estimate of drug-likeness (QED) is 0.575. The second-order valence-electron chi connectivity index (χ2n) is 5.37. The van der Waals surface area contributed by atoms with Gasteiger partial charge in [-0.05, 0) is 48.4 Å². The maximum absolute atomic E-state index is 6.00. The molecule has 1 aromatic heterocycles. The summed E-state index contributed by atoms with van der Waals surface area (Å²) in [6, 6.07) is 22.2. The van der Waals surface area contributed by atoms with Crippen LogP contribution in [0, 0.1) is 6.92 Å². The van der Waals surface area contributed by atoms with Crippen molar-refractivity contribution < 1.29 is 9.15 Å². The van der Waals surface area contributed by atoms with Gasteiger partial charge in [0, 0.05) is 18.2 Å². The molecule has 0 saturated heterocycles. The summed E-state index contributed by atoms with van der Waals surface area (Å²) < 4.78 is 11.2. The number of aryl methyl sites for hydroxylation is 1. The third-order valence-corrected chi connectivity index (χ3v) is 3.57. The Morgan fingerprint density at radius 2 is 1.61 bits per heavy atom.